The van der Waals surface area contributed by atoms with Gasteiger partial charge in [-0.15, -0.1) is 11.3 Å². The van der Waals surface area contributed by atoms with Crippen LogP contribution in [0, 0.1) is 13.8 Å². The van der Waals surface area contributed by atoms with E-state index in [0.29, 0.717) is 18.1 Å². The molecule has 0 atom stereocenters. The summed E-state index contributed by atoms with van der Waals surface area (Å²) in [7, 11) is 0. The third-order valence-electron chi connectivity index (χ3n) is 2.61. The van der Waals surface area contributed by atoms with Gasteiger partial charge in [0.1, 0.15) is 0 Å². The van der Waals surface area contributed by atoms with Crippen molar-refractivity contribution in [2.24, 2.45) is 0 Å². The molecule has 0 aliphatic carbocycles. The Morgan fingerprint density at radius 3 is 2.81 bits per heavy atom. The number of amides is 1. The van der Waals surface area contributed by atoms with Crippen LogP contribution in [0.3, 0.4) is 0 Å². The highest BCUT2D eigenvalue weighted by Crippen LogP contribution is 2.18. The van der Waals surface area contributed by atoms with Gasteiger partial charge in [0.15, 0.2) is 5.89 Å². The first-order valence-electron chi connectivity index (χ1n) is 6.17. The SMILES string of the molecule is Cc1nc(C)c(C(=O)NCc2ccc(/C=C/C(=O)O)s2)o1. The van der Waals surface area contributed by atoms with E-state index in [4.69, 9.17) is 9.52 Å². The fourth-order valence-corrected chi connectivity index (χ4v) is 2.58. The van der Waals surface area contributed by atoms with Gasteiger partial charge < -0.3 is 14.8 Å². The number of carbonyl (C=O) groups excluding carboxylic acids is 1. The highest BCUT2D eigenvalue weighted by Gasteiger charge is 2.15. The molecule has 1 amide bonds. The number of oxazole rings is 1. The summed E-state index contributed by atoms with van der Waals surface area (Å²) in [6.45, 7) is 3.75. The summed E-state index contributed by atoms with van der Waals surface area (Å²) in [6, 6.07) is 3.64. The number of aliphatic carboxylic acids is 1. The summed E-state index contributed by atoms with van der Waals surface area (Å²) >= 11 is 1.41. The molecule has 21 heavy (non-hydrogen) atoms. The minimum atomic E-state index is -0.991. The molecule has 0 radical (unpaired) electrons. The first-order valence-corrected chi connectivity index (χ1v) is 6.99. The molecular formula is C14H14N2O4S. The molecule has 2 rings (SSSR count). The molecule has 110 valence electrons. The second kappa shape index (κ2) is 6.36. The first-order chi connectivity index (χ1) is 9.95. The summed E-state index contributed by atoms with van der Waals surface area (Å²) in [5.74, 6) is -0.636. The van der Waals surface area contributed by atoms with Gasteiger partial charge in [-0.05, 0) is 25.1 Å². The van der Waals surface area contributed by atoms with Crippen LogP contribution in [0.25, 0.3) is 6.08 Å². The first kappa shape index (κ1) is 15.0. The van der Waals surface area contributed by atoms with E-state index < -0.39 is 5.97 Å². The van der Waals surface area contributed by atoms with Gasteiger partial charge in [0, 0.05) is 22.8 Å². The number of rotatable bonds is 5. The highest BCUT2D eigenvalue weighted by atomic mass is 32.1. The Kier molecular flexibility index (Phi) is 4.54. The second-order valence-electron chi connectivity index (χ2n) is 4.31. The molecule has 0 saturated heterocycles. The van der Waals surface area contributed by atoms with Crippen molar-refractivity contribution in [1.29, 1.82) is 0 Å². The topological polar surface area (TPSA) is 92.4 Å². The Morgan fingerprint density at radius 1 is 1.43 bits per heavy atom. The number of carboxylic acid groups (broad SMARTS) is 1. The number of thiophene rings is 1. The third-order valence-corrected chi connectivity index (χ3v) is 3.66. The van der Waals surface area contributed by atoms with Gasteiger partial charge in [0.2, 0.25) is 5.76 Å². The lowest BCUT2D eigenvalue weighted by molar-refractivity contribution is -0.131. The largest absolute Gasteiger partial charge is 0.478 e. The molecule has 2 heterocycles. The Morgan fingerprint density at radius 2 is 2.19 bits per heavy atom. The Hall–Kier alpha value is -2.41. The van der Waals surface area contributed by atoms with Gasteiger partial charge in [-0.3, -0.25) is 4.79 Å². The summed E-state index contributed by atoms with van der Waals surface area (Å²) in [4.78, 5) is 28.1. The monoisotopic (exact) mass is 306 g/mol. The average molecular weight is 306 g/mol. The second-order valence-corrected chi connectivity index (χ2v) is 5.51. The van der Waals surface area contributed by atoms with Crippen molar-refractivity contribution in [2.45, 2.75) is 20.4 Å². The fraction of sp³-hybridized carbons (Fsp3) is 0.214. The van der Waals surface area contributed by atoms with Gasteiger partial charge in [-0.1, -0.05) is 0 Å². The van der Waals surface area contributed by atoms with Crippen molar-refractivity contribution in [3.8, 4) is 0 Å². The van der Waals surface area contributed by atoms with E-state index in [-0.39, 0.29) is 11.7 Å². The molecule has 0 fully saturated rings. The summed E-state index contributed by atoms with van der Waals surface area (Å²) in [5.41, 5.74) is 0.557. The average Bonchev–Trinajstić information content (AvgIpc) is 3.00. The van der Waals surface area contributed by atoms with Crippen LogP contribution in [0.1, 0.15) is 31.9 Å². The van der Waals surface area contributed by atoms with E-state index in [1.807, 2.05) is 6.07 Å². The van der Waals surface area contributed by atoms with E-state index in [2.05, 4.69) is 10.3 Å². The van der Waals surface area contributed by atoms with E-state index >= 15 is 0 Å². The normalized spacial score (nSPS) is 11.0. The van der Waals surface area contributed by atoms with E-state index in [9.17, 15) is 9.59 Å². The maximum atomic E-state index is 11.9. The van der Waals surface area contributed by atoms with Gasteiger partial charge >= 0.3 is 5.97 Å². The van der Waals surface area contributed by atoms with Crippen LogP contribution in [0.4, 0.5) is 0 Å². The summed E-state index contributed by atoms with van der Waals surface area (Å²) < 4.78 is 5.24. The highest BCUT2D eigenvalue weighted by molar-refractivity contribution is 7.12. The molecule has 0 saturated carbocycles. The van der Waals surface area contributed by atoms with Crippen LogP contribution in [-0.2, 0) is 11.3 Å². The number of carboxylic acids is 1. The fourth-order valence-electron chi connectivity index (χ4n) is 1.72. The number of hydrogen-bond acceptors (Lipinski definition) is 5. The number of nitrogens with one attached hydrogen (secondary N) is 1. The zero-order valence-corrected chi connectivity index (χ0v) is 12.4. The summed E-state index contributed by atoms with van der Waals surface area (Å²) in [5, 5.41) is 11.3. The molecule has 0 aromatic carbocycles. The minimum absolute atomic E-state index is 0.218. The molecule has 2 N–H and O–H groups in total. The van der Waals surface area contributed by atoms with Gasteiger partial charge in [0.25, 0.3) is 5.91 Å². The van der Waals surface area contributed by atoms with Gasteiger partial charge in [-0.2, -0.15) is 0 Å². The molecular weight excluding hydrogens is 292 g/mol. The van der Waals surface area contributed by atoms with Crippen LogP contribution < -0.4 is 5.32 Å². The van der Waals surface area contributed by atoms with Crippen LogP contribution in [0.2, 0.25) is 0 Å². The maximum Gasteiger partial charge on any atom is 0.328 e. The molecule has 6 nitrogen and oxygen atoms in total. The smallest absolute Gasteiger partial charge is 0.328 e. The number of aryl methyl sites for hydroxylation is 2. The zero-order chi connectivity index (χ0) is 15.4. The Labute approximate surface area is 125 Å². The van der Waals surface area contributed by atoms with Crippen LogP contribution in [-0.4, -0.2) is 22.0 Å². The van der Waals surface area contributed by atoms with Crippen molar-refractivity contribution >= 4 is 29.3 Å². The molecule has 0 unspecified atom stereocenters. The number of hydrogen-bond donors (Lipinski definition) is 2. The molecule has 2 aromatic rings. The standard InChI is InChI=1S/C14H14N2O4S/c1-8-13(20-9(2)16-8)14(19)15-7-11-4-3-10(21-11)5-6-12(17)18/h3-6H,7H2,1-2H3,(H,15,19)(H,17,18)/b6-5+. The molecule has 2 aromatic heterocycles. The van der Waals surface area contributed by atoms with E-state index in [1.165, 1.54) is 17.4 Å². The van der Waals surface area contributed by atoms with Crippen molar-refractivity contribution in [3.05, 3.63) is 45.3 Å². The number of nitrogens with zero attached hydrogens (tertiary/aromatic N) is 1. The molecule has 7 heteroatoms. The molecule has 0 bridgehead atoms. The summed E-state index contributed by atoms with van der Waals surface area (Å²) in [6.07, 6.45) is 2.59. The van der Waals surface area contributed by atoms with Crippen LogP contribution >= 0.6 is 11.3 Å². The maximum absolute atomic E-state index is 11.9. The molecule has 0 aliphatic rings. The van der Waals surface area contributed by atoms with Crippen molar-refractivity contribution in [2.75, 3.05) is 0 Å². The van der Waals surface area contributed by atoms with E-state index in [0.717, 1.165) is 15.8 Å². The quantitative estimate of drug-likeness (QED) is 0.827. The van der Waals surface area contributed by atoms with Crippen molar-refractivity contribution in [3.63, 3.8) is 0 Å². The van der Waals surface area contributed by atoms with E-state index in [1.54, 1.807) is 19.9 Å². The number of carbonyl (C=O) groups is 2. The Balaban J connectivity index is 1.95. The van der Waals surface area contributed by atoms with Gasteiger partial charge in [-0.25, -0.2) is 9.78 Å². The van der Waals surface area contributed by atoms with Crippen molar-refractivity contribution < 1.29 is 19.1 Å². The predicted octanol–water partition coefficient (Wildman–Crippen LogP) is 2.38. The molecule has 0 aliphatic heterocycles. The Bertz CT molecular complexity index is 700. The van der Waals surface area contributed by atoms with Crippen LogP contribution in [0.5, 0.6) is 0 Å². The lowest BCUT2D eigenvalue weighted by atomic mass is 10.3. The van der Waals surface area contributed by atoms with Gasteiger partial charge in [0.05, 0.1) is 12.2 Å². The third kappa shape index (κ3) is 4.03. The molecule has 0 spiro atoms. The predicted molar refractivity (Wildman–Crippen MR) is 78.1 cm³/mol. The number of aromatic nitrogens is 1. The van der Waals surface area contributed by atoms with Crippen LogP contribution in [0.15, 0.2) is 22.6 Å². The zero-order valence-electron chi connectivity index (χ0n) is 11.5. The minimum Gasteiger partial charge on any atom is -0.478 e. The van der Waals surface area contributed by atoms with Crippen molar-refractivity contribution in [1.82, 2.24) is 10.3 Å². The lowest BCUT2D eigenvalue weighted by Crippen LogP contribution is -2.22. The lowest BCUT2D eigenvalue weighted by Gasteiger charge is -2.00.